The minimum absolute atomic E-state index is 0.0118. The Bertz CT molecular complexity index is 1080. The van der Waals surface area contributed by atoms with Crippen LogP contribution in [0.2, 0.25) is 0 Å². The zero-order chi connectivity index (χ0) is 22.3. The van der Waals surface area contributed by atoms with E-state index >= 15 is 0 Å². The smallest absolute Gasteiger partial charge is 0.227 e. The van der Waals surface area contributed by atoms with Gasteiger partial charge in [-0.3, -0.25) is 14.6 Å². The van der Waals surface area contributed by atoms with E-state index in [0.29, 0.717) is 25.9 Å². The van der Waals surface area contributed by atoms with Gasteiger partial charge in [-0.1, -0.05) is 36.4 Å². The summed E-state index contributed by atoms with van der Waals surface area (Å²) in [5.74, 6) is 0.465. The highest BCUT2D eigenvalue weighted by atomic mass is 16.5. The first-order valence-corrected chi connectivity index (χ1v) is 10.9. The minimum atomic E-state index is -0.186. The van der Waals surface area contributed by atoms with E-state index in [1.54, 1.807) is 6.20 Å². The lowest BCUT2D eigenvalue weighted by atomic mass is 9.89. The highest BCUT2D eigenvalue weighted by Gasteiger charge is 2.26. The van der Waals surface area contributed by atoms with Crippen LogP contribution in [0.4, 0.5) is 5.69 Å². The molecule has 0 aliphatic carbocycles. The van der Waals surface area contributed by atoms with Crippen molar-refractivity contribution in [1.82, 2.24) is 10.3 Å². The van der Waals surface area contributed by atoms with Crippen molar-refractivity contribution >= 4 is 17.5 Å². The summed E-state index contributed by atoms with van der Waals surface area (Å²) in [6, 6.07) is 21.0. The van der Waals surface area contributed by atoms with E-state index in [2.05, 4.69) is 15.6 Å². The first-order chi connectivity index (χ1) is 15.6. The summed E-state index contributed by atoms with van der Waals surface area (Å²) >= 11 is 0. The van der Waals surface area contributed by atoms with Crippen molar-refractivity contribution in [1.29, 1.82) is 0 Å². The van der Waals surface area contributed by atoms with Gasteiger partial charge in [0.2, 0.25) is 11.8 Å². The number of hydrogen-bond donors (Lipinski definition) is 2. The molecule has 2 unspecified atom stereocenters. The van der Waals surface area contributed by atoms with E-state index in [9.17, 15) is 9.59 Å². The minimum Gasteiger partial charge on any atom is -0.487 e. The zero-order valence-corrected chi connectivity index (χ0v) is 18.1. The lowest BCUT2D eigenvalue weighted by Crippen LogP contribution is -2.32. The van der Waals surface area contributed by atoms with E-state index in [0.717, 1.165) is 28.3 Å². The number of amides is 2. The first-order valence-electron chi connectivity index (χ1n) is 10.9. The Morgan fingerprint density at radius 1 is 1.16 bits per heavy atom. The summed E-state index contributed by atoms with van der Waals surface area (Å²) < 4.78 is 5.84. The fourth-order valence-electron chi connectivity index (χ4n) is 3.86. The van der Waals surface area contributed by atoms with Gasteiger partial charge < -0.3 is 15.4 Å². The Kier molecular flexibility index (Phi) is 6.80. The molecule has 2 amide bonds. The normalized spacial score (nSPS) is 15.9. The Hall–Kier alpha value is -3.67. The molecule has 4 rings (SSSR count). The largest absolute Gasteiger partial charge is 0.487 e. The Morgan fingerprint density at radius 3 is 2.84 bits per heavy atom. The van der Waals surface area contributed by atoms with Gasteiger partial charge in [0, 0.05) is 24.2 Å². The van der Waals surface area contributed by atoms with E-state index < -0.39 is 0 Å². The lowest BCUT2D eigenvalue weighted by molar-refractivity contribution is -0.123. The van der Waals surface area contributed by atoms with Crippen molar-refractivity contribution in [2.45, 2.75) is 38.8 Å². The number of nitrogens with one attached hydrogen (secondary N) is 2. The van der Waals surface area contributed by atoms with Crippen LogP contribution in [-0.2, 0) is 22.6 Å². The molecule has 1 aliphatic rings. The maximum absolute atomic E-state index is 12.5. The molecule has 164 valence electrons. The van der Waals surface area contributed by atoms with E-state index in [4.69, 9.17) is 4.74 Å². The molecule has 0 fully saturated rings. The summed E-state index contributed by atoms with van der Waals surface area (Å²) in [6.07, 6.45) is 3.23. The number of anilines is 1. The van der Waals surface area contributed by atoms with Crippen LogP contribution >= 0.6 is 0 Å². The standard InChI is InChI=1S/C26H27N3O3/c1-18(19-8-6-10-23(16-19)32-17-22-9-4-5-14-27-22)28-25(30)13-12-21-15-20-7-2-3-11-24(20)29-26(21)31/h2-11,14,16,18,21H,12-13,15,17H2,1H3,(H,28,30)(H,29,31). The van der Waals surface area contributed by atoms with Crippen LogP contribution in [0.1, 0.15) is 42.6 Å². The average Bonchev–Trinajstić information content (AvgIpc) is 2.82. The molecule has 2 N–H and O–H groups in total. The van der Waals surface area contributed by atoms with Gasteiger partial charge in [-0.25, -0.2) is 0 Å². The quantitative estimate of drug-likeness (QED) is 0.555. The van der Waals surface area contributed by atoms with Crippen LogP contribution in [0.25, 0.3) is 0 Å². The monoisotopic (exact) mass is 429 g/mol. The molecule has 0 saturated carbocycles. The van der Waals surface area contributed by atoms with Gasteiger partial charge in [0.05, 0.1) is 11.7 Å². The SMILES string of the molecule is CC(NC(=O)CCC1Cc2ccccc2NC1=O)c1cccc(OCc2ccccn2)c1. The van der Waals surface area contributed by atoms with Gasteiger partial charge in [0.15, 0.2) is 0 Å². The van der Waals surface area contributed by atoms with E-state index in [1.807, 2.05) is 73.7 Å². The van der Waals surface area contributed by atoms with Crippen LogP contribution in [0, 0.1) is 5.92 Å². The number of carbonyl (C=O) groups is 2. The van der Waals surface area contributed by atoms with Crippen molar-refractivity contribution in [2.75, 3.05) is 5.32 Å². The second-order valence-corrected chi connectivity index (χ2v) is 8.06. The van der Waals surface area contributed by atoms with Gasteiger partial charge in [0.1, 0.15) is 12.4 Å². The highest BCUT2D eigenvalue weighted by Crippen LogP contribution is 2.27. The van der Waals surface area contributed by atoms with Gasteiger partial charge in [-0.05, 0) is 61.2 Å². The van der Waals surface area contributed by atoms with Gasteiger partial charge >= 0.3 is 0 Å². The van der Waals surface area contributed by atoms with E-state index in [-0.39, 0.29) is 23.8 Å². The fourth-order valence-corrected chi connectivity index (χ4v) is 3.86. The van der Waals surface area contributed by atoms with Gasteiger partial charge in [0.25, 0.3) is 0 Å². The third-order valence-corrected chi connectivity index (χ3v) is 5.68. The Morgan fingerprint density at radius 2 is 2.00 bits per heavy atom. The van der Waals surface area contributed by atoms with Gasteiger partial charge in [-0.2, -0.15) is 0 Å². The number of para-hydroxylation sites is 1. The first kappa shape index (κ1) is 21.6. The van der Waals surface area contributed by atoms with Crippen molar-refractivity contribution < 1.29 is 14.3 Å². The second kappa shape index (κ2) is 10.1. The van der Waals surface area contributed by atoms with Gasteiger partial charge in [-0.15, -0.1) is 0 Å². The second-order valence-electron chi connectivity index (χ2n) is 8.06. The lowest BCUT2D eigenvalue weighted by Gasteiger charge is -2.24. The number of carbonyl (C=O) groups excluding carboxylic acids is 2. The van der Waals surface area contributed by atoms with Crippen LogP contribution in [0.3, 0.4) is 0 Å². The predicted molar refractivity (Wildman–Crippen MR) is 123 cm³/mol. The molecule has 3 aromatic rings. The molecule has 1 aliphatic heterocycles. The molecule has 0 bridgehead atoms. The molecule has 6 nitrogen and oxygen atoms in total. The summed E-state index contributed by atoms with van der Waals surface area (Å²) in [7, 11) is 0. The zero-order valence-electron chi connectivity index (χ0n) is 18.1. The third kappa shape index (κ3) is 5.52. The molecule has 2 atom stereocenters. The average molecular weight is 430 g/mol. The number of aromatic nitrogens is 1. The molecule has 6 heteroatoms. The fraction of sp³-hybridized carbons (Fsp3) is 0.269. The molecule has 2 heterocycles. The predicted octanol–water partition coefficient (Wildman–Crippen LogP) is 4.43. The van der Waals surface area contributed by atoms with Crippen LogP contribution < -0.4 is 15.4 Å². The highest BCUT2D eigenvalue weighted by molar-refractivity contribution is 5.96. The molecule has 1 aromatic heterocycles. The molecular weight excluding hydrogens is 402 g/mol. The number of hydrogen-bond acceptors (Lipinski definition) is 4. The number of pyridine rings is 1. The van der Waals surface area contributed by atoms with Crippen LogP contribution in [0.15, 0.2) is 72.9 Å². The molecule has 0 spiro atoms. The molecule has 32 heavy (non-hydrogen) atoms. The molecule has 0 radical (unpaired) electrons. The van der Waals surface area contributed by atoms with Crippen molar-refractivity contribution in [3.8, 4) is 5.75 Å². The van der Waals surface area contributed by atoms with Crippen molar-refractivity contribution in [3.63, 3.8) is 0 Å². The topological polar surface area (TPSA) is 80.3 Å². The number of nitrogens with zero attached hydrogens (tertiary/aromatic N) is 1. The third-order valence-electron chi connectivity index (χ3n) is 5.68. The summed E-state index contributed by atoms with van der Waals surface area (Å²) in [5, 5.41) is 5.97. The number of benzene rings is 2. The number of fused-ring (bicyclic) bond motifs is 1. The Balaban J connectivity index is 1.28. The summed E-state index contributed by atoms with van der Waals surface area (Å²) in [6.45, 7) is 2.33. The molecular formula is C26H27N3O3. The maximum atomic E-state index is 12.5. The molecule has 0 saturated heterocycles. The summed E-state index contributed by atoms with van der Waals surface area (Å²) in [4.78, 5) is 29.1. The maximum Gasteiger partial charge on any atom is 0.227 e. The van der Waals surface area contributed by atoms with Crippen LogP contribution in [-0.4, -0.2) is 16.8 Å². The van der Waals surface area contributed by atoms with Crippen LogP contribution in [0.5, 0.6) is 5.75 Å². The summed E-state index contributed by atoms with van der Waals surface area (Å²) in [5.41, 5.74) is 3.81. The number of ether oxygens (including phenoxy) is 1. The van der Waals surface area contributed by atoms with E-state index in [1.165, 1.54) is 0 Å². The number of rotatable bonds is 8. The van der Waals surface area contributed by atoms with Crippen molar-refractivity contribution in [2.24, 2.45) is 5.92 Å². The van der Waals surface area contributed by atoms with Crippen molar-refractivity contribution in [3.05, 3.63) is 89.7 Å². The Labute approximate surface area is 188 Å². The molecule has 2 aromatic carbocycles.